The molecule has 4 nitrogen and oxygen atoms in total. The Balaban J connectivity index is 2.05. The lowest BCUT2D eigenvalue weighted by Gasteiger charge is -2.06. The fraction of sp³-hybridized carbons (Fsp3) is 0. The smallest absolute Gasteiger partial charge is 0.337 e. The van der Waals surface area contributed by atoms with Crippen molar-refractivity contribution >= 4 is 22.6 Å². The van der Waals surface area contributed by atoms with Gasteiger partial charge in [-0.25, -0.2) is 4.79 Å². The SMILES string of the molecule is O=C(Nc1ccccc1)c1cc(=O)oc2ccccc12. The zero-order valence-corrected chi connectivity index (χ0v) is 10.5. The Hall–Kier alpha value is -2.88. The van der Waals surface area contributed by atoms with Crippen LogP contribution < -0.4 is 10.9 Å². The molecule has 0 saturated carbocycles. The molecule has 1 N–H and O–H groups in total. The van der Waals surface area contributed by atoms with Crippen LogP contribution in [0.4, 0.5) is 5.69 Å². The first-order valence-electron chi connectivity index (χ1n) is 6.13. The second-order valence-corrected chi connectivity index (χ2v) is 4.30. The van der Waals surface area contributed by atoms with Gasteiger partial charge in [-0.3, -0.25) is 4.79 Å². The number of benzene rings is 2. The predicted octanol–water partition coefficient (Wildman–Crippen LogP) is 3.05. The molecule has 1 aromatic heterocycles. The summed E-state index contributed by atoms with van der Waals surface area (Å²) in [4.78, 5) is 23.8. The third-order valence-corrected chi connectivity index (χ3v) is 2.93. The number of nitrogens with one attached hydrogen (secondary N) is 1. The number of carbonyl (C=O) groups excluding carboxylic acids is 1. The Morgan fingerprint density at radius 3 is 2.45 bits per heavy atom. The normalized spacial score (nSPS) is 10.4. The van der Waals surface area contributed by atoms with Gasteiger partial charge in [-0.05, 0) is 18.2 Å². The fourth-order valence-corrected chi connectivity index (χ4v) is 2.02. The summed E-state index contributed by atoms with van der Waals surface area (Å²) in [5.74, 6) is -0.333. The molecule has 3 aromatic rings. The summed E-state index contributed by atoms with van der Waals surface area (Å²) in [5.41, 5.74) is 0.843. The standard InChI is InChI=1S/C16H11NO3/c18-15-10-13(12-8-4-5-9-14(12)20-15)16(19)17-11-6-2-1-3-7-11/h1-10H,(H,17,19). The van der Waals surface area contributed by atoms with Gasteiger partial charge in [0.1, 0.15) is 5.58 Å². The molecule has 0 aliphatic heterocycles. The lowest BCUT2D eigenvalue weighted by molar-refractivity contribution is 0.102. The summed E-state index contributed by atoms with van der Waals surface area (Å²) in [7, 11) is 0. The molecule has 0 bridgehead atoms. The van der Waals surface area contributed by atoms with E-state index in [4.69, 9.17) is 4.42 Å². The molecule has 0 aliphatic rings. The number of amides is 1. The zero-order valence-electron chi connectivity index (χ0n) is 10.5. The van der Waals surface area contributed by atoms with Crippen LogP contribution >= 0.6 is 0 Å². The largest absolute Gasteiger partial charge is 0.423 e. The maximum absolute atomic E-state index is 12.3. The van der Waals surface area contributed by atoms with Crippen molar-refractivity contribution in [2.24, 2.45) is 0 Å². The second kappa shape index (κ2) is 5.01. The molecule has 0 aliphatic carbocycles. The molecular formula is C16H11NO3. The first-order chi connectivity index (χ1) is 9.74. The number of anilines is 1. The molecule has 98 valence electrons. The maximum Gasteiger partial charge on any atom is 0.337 e. The third-order valence-electron chi connectivity index (χ3n) is 2.93. The fourth-order valence-electron chi connectivity index (χ4n) is 2.02. The number of rotatable bonds is 2. The zero-order chi connectivity index (χ0) is 13.9. The van der Waals surface area contributed by atoms with Gasteiger partial charge in [0.2, 0.25) is 0 Å². The van der Waals surface area contributed by atoms with Crippen LogP contribution in [-0.4, -0.2) is 5.91 Å². The number of para-hydroxylation sites is 2. The Kier molecular flexibility index (Phi) is 3.05. The molecular weight excluding hydrogens is 254 g/mol. The molecule has 0 fully saturated rings. The molecule has 20 heavy (non-hydrogen) atoms. The topological polar surface area (TPSA) is 59.3 Å². The van der Waals surface area contributed by atoms with Gasteiger partial charge < -0.3 is 9.73 Å². The van der Waals surface area contributed by atoms with E-state index in [1.807, 2.05) is 18.2 Å². The van der Waals surface area contributed by atoms with Crippen LogP contribution in [-0.2, 0) is 0 Å². The summed E-state index contributed by atoms with van der Waals surface area (Å²) < 4.78 is 5.07. The molecule has 1 amide bonds. The lowest BCUT2D eigenvalue weighted by Crippen LogP contribution is -2.15. The van der Waals surface area contributed by atoms with Crippen LogP contribution in [0.25, 0.3) is 11.0 Å². The van der Waals surface area contributed by atoms with Gasteiger partial charge in [-0.15, -0.1) is 0 Å². The summed E-state index contributed by atoms with van der Waals surface area (Å²) in [6.45, 7) is 0. The first kappa shape index (κ1) is 12.2. The van der Waals surface area contributed by atoms with Gasteiger partial charge in [-0.2, -0.15) is 0 Å². The van der Waals surface area contributed by atoms with Crippen molar-refractivity contribution in [1.29, 1.82) is 0 Å². The Morgan fingerprint density at radius 2 is 1.65 bits per heavy atom. The molecule has 0 spiro atoms. The highest BCUT2D eigenvalue weighted by molar-refractivity contribution is 6.11. The highest BCUT2D eigenvalue weighted by atomic mass is 16.4. The van der Waals surface area contributed by atoms with E-state index in [1.165, 1.54) is 6.07 Å². The van der Waals surface area contributed by atoms with Crippen molar-refractivity contribution in [3.63, 3.8) is 0 Å². The highest BCUT2D eigenvalue weighted by Crippen LogP contribution is 2.18. The van der Waals surface area contributed by atoms with Gasteiger partial charge in [0.15, 0.2) is 0 Å². The van der Waals surface area contributed by atoms with Crippen LogP contribution in [0, 0.1) is 0 Å². The minimum absolute atomic E-state index is 0.306. The molecule has 3 rings (SSSR count). The van der Waals surface area contributed by atoms with E-state index in [2.05, 4.69) is 5.32 Å². The summed E-state index contributed by atoms with van der Waals surface area (Å²) in [6, 6.07) is 17.2. The number of carbonyl (C=O) groups is 1. The van der Waals surface area contributed by atoms with Crippen molar-refractivity contribution in [3.8, 4) is 0 Å². The van der Waals surface area contributed by atoms with E-state index in [0.717, 1.165) is 0 Å². The van der Waals surface area contributed by atoms with E-state index >= 15 is 0 Å². The minimum Gasteiger partial charge on any atom is -0.423 e. The van der Waals surface area contributed by atoms with Gasteiger partial charge in [0.05, 0.1) is 5.56 Å². The number of hydrogen-bond acceptors (Lipinski definition) is 3. The van der Waals surface area contributed by atoms with E-state index in [-0.39, 0.29) is 5.91 Å². The van der Waals surface area contributed by atoms with Crippen molar-refractivity contribution < 1.29 is 9.21 Å². The van der Waals surface area contributed by atoms with E-state index in [0.29, 0.717) is 22.2 Å². The molecule has 4 heteroatoms. The van der Waals surface area contributed by atoms with Gasteiger partial charge in [-0.1, -0.05) is 36.4 Å². The maximum atomic E-state index is 12.3. The van der Waals surface area contributed by atoms with Gasteiger partial charge in [0.25, 0.3) is 5.91 Å². The summed E-state index contributed by atoms with van der Waals surface area (Å²) >= 11 is 0. The molecule has 0 radical (unpaired) electrons. The van der Waals surface area contributed by atoms with Crippen LogP contribution in [0.2, 0.25) is 0 Å². The molecule has 1 heterocycles. The van der Waals surface area contributed by atoms with Crippen molar-refractivity contribution in [2.45, 2.75) is 0 Å². The molecule has 2 aromatic carbocycles. The molecule has 0 atom stereocenters. The molecule has 0 saturated heterocycles. The van der Waals surface area contributed by atoms with Crippen molar-refractivity contribution in [3.05, 3.63) is 76.6 Å². The Labute approximate surface area is 114 Å². The quantitative estimate of drug-likeness (QED) is 0.724. The summed E-state index contributed by atoms with van der Waals surface area (Å²) in [5, 5.41) is 3.37. The van der Waals surface area contributed by atoms with Crippen LogP contribution in [0.15, 0.2) is 69.9 Å². The minimum atomic E-state index is -0.540. The monoisotopic (exact) mass is 265 g/mol. The van der Waals surface area contributed by atoms with Gasteiger partial charge in [0, 0.05) is 17.1 Å². The van der Waals surface area contributed by atoms with Crippen LogP contribution in [0.1, 0.15) is 10.4 Å². The Bertz CT molecular complexity index is 822. The van der Waals surface area contributed by atoms with Crippen molar-refractivity contribution in [1.82, 2.24) is 0 Å². The summed E-state index contributed by atoms with van der Waals surface area (Å²) in [6.07, 6.45) is 0. The van der Waals surface area contributed by atoms with Crippen molar-refractivity contribution in [2.75, 3.05) is 5.32 Å². The van der Waals surface area contributed by atoms with E-state index < -0.39 is 5.63 Å². The number of hydrogen-bond donors (Lipinski definition) is 1. The average molecular weight is 265 g/mol. The third kappa shape index (κ3) is 2.31. The van der Waals surface area contributed by atoms with Gasteiger partial charge >= 0.3 is 5.63 Å². The van der Waals surface area contributed by atoms with E-state index in [9.17, 15) is 9.59 Å². The highest BCUT2D eigenvalue weighted by Gasteiger charge is 2.12. The Morgan fingerprint density at radius 1 is 0.950 bits per heavy atom. The number of fused-ring (bicyclic) bond motifs is 1. The molecule has 0 unspecified atom stereocenters. The van der Waals surface area contributed by atoms with Crippen LogP contribution in [0.5, 0.6) is 0 Å². The first-order valence-corrected chi connectivity index (χ1v) is 6.13. The predicted molar refractivity (Wildman–Crippen MR) is 76.9 cm³/mol. The lowest BCUT2D eigenvalue weighted by atomic mass is 10.1. The van der Waals surface area contributed by atoms with E-state index in [1.54, 1.807) is 36.4 Å². The second-order valence-electron chi connectivity index (χ2n) is 4.30. The average Bonchev–Trinajstić information content (AvgIpc) is 2.47. The van der Waals surface area contributed by atoms with Crippen LogP contribution in [0.3, 0.4) is 0 Å².